The van der Waals surface area contributed by atoms with Crippen LogP contribution in [-0.2, 0) is 13.1 Å². The second-order valence-corrected chi connectivity index (χ2v) is 5.47. The molecule has 102 valence electrons. The summed E-state index contributed by atoms with van der Waals surface area (Å²) >= 11 is 0. The lowest BCUT2D eigenvalue weighted by atomic mass is 10.1. The maximum Gasteiger partial charge on any atom is 0.122 e. The summed E-state index contributed by atoms with van der Waals surface area (Å²) < 4.78 is 2.28. The summed E-state index contributed by atoms with van der Waals surface area (Å²) in [7, 11) is 0. The van der Waals surface area contributed by atoms with Crippen LogP contribution in [0.15, 0.2) is 12.4 Å². The summed E-state index contributed by atoms with van der Waals surface area (Å²) in [4.78, 5) is 7.01. The second kappa shape index (κ2) is 6.90. The molecule has 18 heavy (non-hydrogen) atoms. The fourth-order valence-electron chi connectivity index (χ4n) is 2.44. The van der Waals surface area contributed by atoms with E-state index in [1.165, 1.54) is 32.4 Å². The van der Waals surface area contributed by atoms with Gasteiger partial charge in [0, 0.05) is 31.5 Å². The molecule has 0 amide bonds. The number of imidazole rings is 1. The molecule has 2 rings (SSSR count). The van der Waals surface area contributed by atoms with Crippen LogP contribution in [0.3, 0.4) is 0 Å². The zero-order valence-electron chi connectivity index (χ0n) is 11.7. The molecule has 0 atom stereocenters. The number of likely N-dealkylation sites (tertiary alicyclic amines) is 1. The van der Waals surface area contributed by atoms with E-state index in [1.807, 2.05) is 6.20 Å². The summed E-state index contributed by atoms with van der Waals surface area (Å²) in [6.45, 7) is 9.97. The molecule has 1 N–H and O–H groups in total. The Morgan fingerprint density at radius 3 is 2.72 bits per heavy atom. The van der Waals surface area contributed by atoms with Crippen LogP contribution in [0, 0.1) is 0 Å². The van der Waals surface area contributed by atoms with E-state index in [1.54, 1.807) is 0 Å². The van der Waals surface area contributed by atoms with Crippen molar-refractivity contribution >= 4 is 0 Å². The van der Waals surface area contributed by atoms with E-state index < -0.39 is 0 Å². The Morgan fingerprint density at radius 1 is 1.22 bits per heavy atom. The number of hydrogen-bond acceptors (Lipinski definition) is 3. The van der Waals surface area contributed by atoms with Crippen molar-refractivity contribution in [1.82, 2.24) is 19.8 Å². The van der Waals surface area contributed by atoms with Crippen molar-refractivity contribution in [2.24, 2.45) is 0 Å². The molecular formula is C14H26N4. The van der Waals surface area contributed by atoms with Gasteiger partial charge in [0.2, 0.25) is 0 Å². The van der Waals surface area contributed by atoms with Gasteiger partial charge in [-0.15, -0.1) is 0 Å². The summed E-state index contributed by atoms with van der Waals surface area (Å²) in [5.74, 6) is 1.15. The average molecular weight is 250 g/mol. The maximum absolute atomic E-state index is 4.43. The topological polar surface area (TPSA) is 33.1 Å². The highest BCUT2D eigenvalue weighted by Gasteiger charge is 2.10. The smallest absolute Gasteiger partial charge is 0.122 e. The number of piperidine rings is 1. The third kappa shape index (κ3) is 4.10. The Hall–Kier alpha value is -0.870. The molecule has 1 aliphatic heterocycles. The van der Waals surface area contributed by atoms with Crippen LogP contribution in [0.5, 0.6) is 0 Å². The van der Waals surface area contributed by atoms with Crippen molar-refractivity contribution in [3.63, 3.8) is 0 Å². The molecule has 2 heterocycles. The molecule has 1 aromatic heterocycles. The second-order valence-electron chi connectivity index (χ2n) is 5.47. The van der Waals surface area contributed by atoms with Gasteiger partial charge in [0.25, 0.3) is 0 Å². The molecule has 0 bridgehead atoms. The first-order chi connectivity index (χ1) is 8.75. The highest BCUT2D eigenvalue weighted by Crippen LogP contribution is 2.08. The normalized spacial score (nSPS) is 17.5. The number of nitrogens with zero attached hydrogens (tertiary/aromatic N) is 3. The van der Waals surface area contributed by atoms with E-state index in [9.17, 15) is 0 Å². The lowest BCUT2D eigenvalue weighted by Gasteiger charge is -2.26. The first kappa shape index (κ1) is 13.6. The van der Waals surface area contributed by atoms with Gasteiger partial charge in [-0.2, -0.15) is 0 Å². The van der Waals surface area contributed by atoms with Gasteiger partial charge < -0.3 is 14.8 Å². The van der Waals surface area contributed by atoms with Crippen molar-refractivity contribution < 1.29 is 0 Å². The van der Waals surface area contributed by atoms with Crippen LogP contribution < -0.4 is 5.32 Å². The Morgan fingerprint density at radius 2 is 2.00 bits per heavy atom. The number of hydrogen-bond donors (Lipinski definition) is 1. The van der Waals surface area contributed by atoms with Gasteiger partial charge in [-0.25, -0.2) is 4.98 Å². The quantitative estimate of drug-likeness (QED) is 0.836. The number of rotatable bonds is 6. The van der Waals surface area contributed by atoms with Gasteiger partial charge in [-0.3, -0.25) is 0 Å². The molecule has 1 aromatic rings. The molecule has 0 spiro atoms. The van der Waals surface area contributed by atoms with E-state index in [0.29, 0.717) is 6.04 Å². The van der Waals surface area contributed by atoms with Crippen LogP contribution in [-0.4, -0.2) is 40.1 Å². The minimum Gasteiger partial charge on any atom is -0.333 e. The summed E-state index contributed by atoms with van der Waals surface area (Å²) in [5, 5.41) is 3.43. The van der Waals surface area contributed by atoms with E-state index >= 15 is 0 Å². The van der Waals surface area contributed by atoms with E-state index in [0.717, 1.165) is 25.5 Å². The van der Waals surface area contributed by atoms with Crippen LogP contribution in [0.4, 0.5) is 0 Å². The van der Waals surface area contributed by atoms with Crippen molar-refractivity contribution in [3.8, 4) is 0 Å². The number of aromatic nitrogens is 2. The predicted molar refractivity (Wildman–Crippen MR) is 74.5 cm³/mol. The molecule has 0 radical (unpaired) electrons. The van der Waals surface area contributed by atoms with E-state index in [-0.39, 0.29) is 0 Å². The minimum atomic E-state index is 0.511. The largest absolute Gasteiger partial charge is 0.333 e. The van der Waals surface area contributed by atoms with Gasteiger partial charge >= 0.3 is 0 Å². The summed E-state index contributed by atoms with van der Waals surface area (Å²) in [6.07, 6.45) is 8.15. The first-order valence-electron chi connectivity index (χ1n) is 7.21. The minimum absolute atomic E-state index is 0.511. The fourth-order valence-corrected chi connectivity index (χ4v) is 2.44. The zero-order chi connectivity index (χ0) is 12.8. The van der Waals surface area contributed by atoms with Crippen molar-refractivity contribution in [2.45, 2.75) is 52.2 Å². The first-order valence-corrected chi connectivity index (χ1v) is 7.21. The Balaban J connectivity index is 1.79. The van der Waals surface area contributed by atoms with Crippen LogP contribution >= 0.6 is 0 Å². The van der Waals surface area contributed by atoms with Crippen molar-refractivity contribution in [3.05, 3.63) is 18.2 Å². The van der Waals surface area contributed by atoms with Gasteiger partial charge in [0.1, 0.15) is 5.82 Å². The molecule has 1 fully saturated rings. The van der Waals surface area contributed by atoms with Gasteiger partial charge in [-0.1, -0.05) is 20.3 Å². The highest BCUT2D eigenvalue weighted by molar-refractivity contribution is 4.92. The van der Waals surface area contributed by atoms with Crippen molar-refractivity contribution in [1.29, 1.82) is 0 Å². The zero-order valence-corrected chi connectivity index (χ0v) is 11.7. The monoisotopic (exact) mass is 250 g/mol. The molecule has 4 nitrogen and oxygen atoms in total. The van der Waals surface area contributed by atoms with E-state index in [4.69, 9.17) is 0 Å². The molecule has 4 heteroatoms. The van der Waals surface area contributed by atoms with Crippen LogP contribution in [0.2, 0.25) is 0 Å². The molecule has 1 saturated heterocycles. The Kier molecular flexibility index (Phi) is 5.20. The Labute approximate surface area is 110 Å². The molecule has 0 unspecified atom stereocenters. The maximum atomic E-state index is 4.43. The Bertz CT molecular complexity index is 339. The van der Waals surface area contributed by atoms with Crippen LogP contribution in [0.25, 0.3) is 0 Å². The lowest BCUT2D eigenvalue weighted by molar-refractivity contribution is 0.220. The molecule has 1 aliphatic rings. The molecular weight excluding hydrogens is 224 g/mol. The van der Waals surface area contributed by atoms with Crippen LogP contribution in [0.1, 0.15) is 38.9 Å². The highest BCUT2D eigenvalue weighted by atomic mass is 15.2. The van der Waals surface area contributed by atoms with E-state index in [2.05, 4.69) is 39.8 Å². The third-order valence-electron chi connectivity index (χ3n) is 3.58. The molecule has 0 saturated carbocycles. The fraction of sp³-hybridized carbons (Fsp3) is 0.786. The average Bonchev–Trinajstić information content (AvgIpc) is 2.82. The van der Waals surface area contributed by atoms with Gasteiger partial charge in [-0.05, 0) is 25.9 Å². The van der Waals surface area contributed by atoms with Gasteiger partial charge in [0.15, 0.2) is 0 Å². The van der Waals surface area contributed by atoms with Crippen molar-refractivity contribution in [2.75, 3.05) is 19.6 Å². The molecule has 0 aromatic carbocycles. The third-order valence-corrected chi connectivity index (χ3v) is 3.58. The van der Waals surface area contributed by atoms with Gasteiger partial charge in [0.05, 0.1) is 6.54 Å². The lowest BCUT2D eigenvalue weighted by Crippen LogP contribution is -2.33. The molecule has 0 aliphatic carbocycles. The standard InChI is InChI=1S/C14H26N4/c1-13(2)16-12-14-15-6-9-18(14)11-10-17-7-4-3-5-8-17/h6,9,13,16H,3-5,7-8,10-12H2,1-2H3. The summed E-state index contributed by atoms with van der Waals surface area (Å²) in [5.41, 5.74) is 0. The summed E-state index contributed by atoms with van der Waals surface area (Å²) in [6, 6.07) is 0.511. The predicted octanol–water partition coefficient (Wildman–Crippen LogP) is 1.87. The number of nitrogens with one attached hydrogen (secondary N) is 1. The SMILES string of the molecule is CC(C)NCc1nccn1CCN1CCCCC1.